The van der Waals surface area contributed by atoms with Gasteiger partial charge < -0.3 is 24.7 Å². The third-order valence-corrected chi connectivity index (χ3v) is 8.12. The molecule has 1 aliphatic rings. The Balaban J connectivity index is 1.54. The Morgan fingerprint density at radius 3 is 2.48 bits per heavy atom. The highest BCUT2D eigenvalue weighted by molar-refractivity contribution is 6.35. The van der Waals surface area contributed by atoms with Crippen LogP contribution in [0, 0.1) is 20.8 Å². The average Bonchev–Trinajstić information content (AvgIpc) is 2.92. The van der Waals surface area contributed by atoms with E-state index in [1.54, 1.807) is 23.1 Å². The lowest BCUT2D eigenvalue weighted by atomic mass is 9.95. The average molecular weight is 618 g/mol. The molecule has 1 saturated heterocycles. The number of hydrogen-bond acceptors (Lipinski definition) is 7. The molecule has 2 aromatic heterocycles. The molecule has 1 aliphatic heterocycles. The van der Waals surface area contributed by atoms with E-state index in [4.69, 9.17) is 21.1 Å². The van der Waals surface area contributed by atoms with Crippen LogP contribution in [0.5, 0.6) is 5.75 Å². The molecule has 1 fully saturated rings. The normalized spacial score (nSPS) is 14.7. The Labute approximate surface area is 260 Å². The van der Waals surface area contributed by atoms with Crippen LogP contribution in [0.25, 0.3) is 22.0 Å². The number of ether oxygens (including phenoxy) is 2. The quantitative estimate of drug-likeness (QED) is 0.239. The van der Waals surface area contributed by atoms with Crippen LogP contribution in [-0.2, 0) is 4.74 Å². The summed E-state index contributed by atoms with van der Waals surface area (Å²) in [6.07, 6.45) is 3.86. The van der Waals surface area contributed by atoms with Gasteiger partial charge in [-0.05, 0) is 88.4 Å². The van der Waals surface area contributed by atoms with Crippen LogP contribution in [0.2, 0.25) is 5.02 Å². The van der Waals surface area contributed by atoms with Gasteiger partial charge in [0, 0.05) is 30.6 Å². The molecule has 44 heavy (non-hydrogen) atoms. The smallest absolute Gasteiger partial charge is 0.410 e. The summed E-state index contributed by atoms with van der Waals surface area (Å²) >= 11 is 6.54. The van der Waals surface area contributed by atoms with Crippen LogP contribution in [0.4, 0.5) is 10.6 Å². The molecule has 11 heteroatoms. The summed E-state index contributed by atoms with van der Waals surface area (Å²) in [5.74, 6) is 0.182. The molecule has 0 saturated carbocycles. The first-order valence-electron chi connectivity index (χ1n) is 14.5. The molecule has 230 valence electrons. The number of nitrogens with zero attached hydrogens (tertiary/aromatic N) is 3. The lowest BCUT2D eigenvalue weighted by Crippen LogP contribution is -2.53. The third-order valence-electron chi connectivity index (χ3n) is 7.81. The predicted octanol–water partition coefficient (Wildman–Crippen LogP) is 6.59. The van der Waals surface area contributed by atoms with Crippen molar-refractivity contribution in [2.45, 2.75) is 66.0 Å². The largest absolute Gasteiger partial charge is 0.492 e. The number of fused-ring (bicyclic) bond motifs is 1. The van der Waals surface area contributed by atoms with Crippen LogP contribution in [0.3, 0.4) is 0 Å². The van der Waals surface area contributed by atoms with Crippen LogP contribution >= 0.6 is 11.6 Å². The maximum absolute atomic E-state index is 13.6. The summed E-state index contributed by atoms with van der Waals surface area (Å²) in [5, 5.41) is 3.40. The Bertz CT molecular complexity index is 1780. The van der Waals surface area contributed by atoms with E-state index < -0.39 is 11.5 Å². The van der Waals surface area contributed by atoms with E-state index >= 15 is 0 Å². The van der Waals surface area contributed by atoms with E-state index in [9.17, 15) is 14.4 Å². The Kier molecular flexibility index (Phi) is 8.65. The molecule has 2 amide bonds. The minimum absolute atomic E-state index is 0.0472. The number of amides is 2. The topological polar surface area (TPSA) is 127 Å². The van der Waals surface area contributed by atoms with Gasteiger partial charge in [-0.3, -0.25) is 9.59 Å². The fourth-order valence-electron chi connectivity index (χ4n) is 5.20. The molecular weight excluding hydrogens is 582 g/mol. The van der Waals surface area contributed by atoms with Crippen molar-refractivity contribution in [2.75, 3.05) is 18.5 Å². The molecule has 1 atom stereocenters. The van der Waals surface area contributed by atoms with Gasteiger partial charge in [0.05, 0.1) is 28.3 Å². The molecule has 0 bridgehead atoms. The van der Waals surface area contributed by atoms with Crippen LogP contribution in [0.1, 0.15) is 60.7 Å². The highest BCUT2D eigenvalue weighted by Crippen LogP contribution is 2.37. The lowest BCUT2D eigenvalue weighted by molar-refractivity contribution is -0.00866. The second kappa shape index (κ2) is 12.3. The Hall–Kier alpha value is -4.44. The molecule has 0 aliphatic carbocycles. The molecule has 3 heterocycles. The van der Waals surface area contributed by atoms with E-state index in [1.807, 2.05) is 53.7 Å². The number of H-pyrrole nitrogens is 1. The number of carbonyl (C=O) groups excluding carboxylic acids is 2. The number of aromatic nitrogens is 3. The van der Waals surface area contributed by atoms with Gasteiger partial charge in [-0.1, -0.05) is 23.7 Å². The number of aromatic amines is 1. The fourth-order valence-corrected chi connectivity index (χ4v) is 5.45. The number of nitrogens with one attached hydrogen (secondary N) is 2. The van der Waals surface area contributed by atoms with Crippen molar-refractivity contribution in [3.05, 3.63) is 80.5 Å². The van der Waals surface area contributed by atoms with E-state index in [1.165, 1.54) is 12.5 Å². The maximum atomic E-state index is 13.6. The first-order valence-corrected chi connectivity index (χ1v) is 14.9. The van der Waals surface area contributed by atoms with Crippen molar-refractivity contribution < 1.29 is 19.1 Å². The van der Waals surface area contributed by atoms with Crippen LogP contribution < -0.4 is 15.6 Å². The summed E-state index contributed by atoms with van der Waals surface area (Å²) in [5.41, 5.74) is 3.94. The summed E-state index contributed by atoms with van der Waals surface area (Å²) in [6, 6.07) is 8.61. The van der Waals surface area contributed by atoms with Crippen LogP contribution in [0.15, 0.2) is 47.7 Å². The van der Waals surface area contributed by atoms with Crippen molar-refractivity contribution in [1.29, 1.82) is 0 Å². The minimum Gasteiger partial charge on any atom is -0.492 e. The number of likely N-dealkylation sites (tertiary alicyclic amines) is 1. The van der Waals surface area contributed by atoms with Gasteiger partial charge >= 0.3 is 6.09 Å². The van der Waals surface area contributed by atoms with Crippen molar-refractivity contribution in [3.8, 4) is 16.9 Å². The molecule has 0 spiro atoms. The van der Waals surface area contributed by atoms with E-state index in [0.717, 1.165) is 23.1 Å². The van der Waals surface area contributed by atoms with Gasteiger partial charge in [-0.2, -0.15) is 0 Å². The fraction of sp³-hybridized carbons (Fsp3) is 0.364. The molecule has 0 radical (unpaired) electrons. The maximum Gasteiger partial charge on any atom is 0.410 e. The van der Waals surface area contributed by atoms with Gasteiger partial charge in [0.15, 0.2) is 0 Å². The standard InChI is InChI=1S/C33H36ClN5O5/c1-18-13-21(14-19(2)20(18)3)28-29(43-12-9-22-8-11-39(22)32(42)44-33(4,5)6)24-15-23(25(34)16-26(24)37-31(28)41)30(40)38-27-7-10-35-17-36-27/h7,10,13-17,22H,8-9,11-12H2,1-6H3,(H,37,41)(H,35,36,38,40)/t22-/m0/s1. The van der Waals surface area contributed by atoms with Crippen molar-refractivity contribution in [3.63, 3.8) is 0 Å². The number of benzene rings is 2. The van der Waals surface area contributed by atoms with Crippen molar-refractivity contribution in [2.24, 2.45) is 0 Å². The molecule has 2 aromatic carbocycles. The summed E-state index contributed by atoms with van der Waals surface area (Å²) in [6.45, 7) is 12.4. The summed E-state index contributed by atoms with van der Waals surface area (Å²) in [7, 11) is 0. The van der Waals surface area contributed by atoms with E-state index in [0.29, 0.717) is 46.6 Å². The lowest BCUT2D eigenvalue weighted by Gasteiger charge is -2.41. The second-order valence-corrected chi connectivity index (χ2v) is 12.5. The number of aryl methyl sites for hydroxylation is 2. The monoisotopic (exact) mass is 617 g/mol. The molecule has 10 nitrogen and oxygen atoms in total. The highest BCUT2D eigenvalue weighted by Gasteiger charge is 2.35. The molecule has 5 rings (SSSR count). The molecule has 4 aromatic rings. The summed E-state index contributed by atoms with van der Waals surface area (Å²) < 4.78 is 12.0. The zero-order valence-corrected chi connectivity index (χ0v) is 26.5. The zero-order chi connectivity index (χ0) is 31.8. The Morgan fingerprint density at radius 1 is 1.14 bits per heavy atom. The predicted molar refractivity (Wildman–Crippen MR) is 171 cm³/mol. The first-order chi connectivity index (χ1) is 20.8. The molecule has 2 N–H and O–H groups in total. The third kappa shape index (κ3) is 6.55. The van der Waals surface area contributed by atoms with E-state index in [2.05, 4.69) is 20.3 Å². The molecule has 0 unspecified atom stereocenters. The SMILES string of the molecule is Cc1cc(-c2c(OCC[C@@H]3CCN3C(=O)OC(C)(C)C)c3cc(C(=O)Nc4ccncn4)c(Cl)cc3[nH]c2=O)cc(C)c1C. The minimum atomic E-state index is -0.588. The number of anilines is 1. The van der Waals surface area contributed by atoms with Crippen molar-refractivity contribution >= 4 is 40.3 Å². The van der Waals surface area contributed by atoms with Gasteiger partial charge in [0.1, 0.15) is 23.5 Å². The first kappa shape index (κ1) is 31.0. The number of rotatable bonds is 7. The summed E-state index contributed by atoms with van der Waals surface area (Å²) in [4.78, 5) is 52.1. The van der Waals surface area contributed by atoms with Crippen molar-refractivity contribution in [1.82, 2.24) is 19.9 Å². The van der Waals surface area contributed by atoms with Gasteiger partial charge in [-0.25, -0.2) is 14.8 Å². The van der Waals surface area contributed by atoms with Crippen LogP contribution in [-0.4, -0.2) is 56.6 Å². The van der Waals surface area contributed by atoms with E-state index in [-0.39, 0.29) is 34.9 Å². The second-order valence-electron chi connectivity index (χ2n) is 12.1. The van der Waals surface area contributed by atoms with Gasteiger partial charge in [-0.15, -0.1) is 0 Å². The number of pyridine rings is 1. The number of hydrogen-bond donors (Lipinski definition) is 2. The highest BCUT2D eigenvalue weighted by atomic mass is 35.5. The van der Waals surface area contributed by atoms with Gasteiger partial charge in [0.25, 0.3) is 11.5 Å². The van der Waals surface area contributed by atoms with Gasteiger partial charge in [0.2, 0.25) is 0 Å². The number of halogens is 1. The number of carbonyl (C=O) groups is 2. The molecular formula is C33H36ClN5O5. The zero-order valence-electron chi connectivity index (χ0n) is 25.7. The Morgan fingerprint density at radius 2 is 1.86 bits per heavy atom.